The first-order chi connectivity index (χ1) is 26.5. The van der Waals surface area contributed by atoms with E-state index in [0.29, 0.717) is 12.0 Å². The Morgan fingerprint density at radius 1 is 0.545 bits per heavy atom. The second-order valence-electron chi connectivity index (χ2n) is 14.6. The summed E-state index contributed by atoms with van der Waals surface area (Å²) in [6.07, 6.45) is 38.6. The van der Waals surface area contributed by atoms with Crippen molar-refractivity contribution in [2.45, 2.75) is 169 Å². The van der Waals surface area contributed by atoms with Crippen LogP contribution in [0.1, 0.15) is 179 Å². The number of nitrogens with zero attached hydrogens (tertiary/aromatic N) is 2. The van der Waals surface area contributed by atoms with Gasteiger partial charge in [-0.1, -0.05) is 196 Å². The van der Waals surface area contributed by atoms with Crippen LogP contribution in [-0.2, 0) is 22.9 Å². The number of para-hydroxylation sites is 1. The molecular formula is C50H72N2NiO2. The molecule has 0 amide bonds. The van der Waals surface area contributed by atoms with E-state index in [1.54, 1.807) is 12.1 Å². The Bertz CT molecular complexity index is 1510. The van der Waals surface area contributed by atoms with Crippen molar-refractivity contribution in [2.75, 3.05) is 0 Å². The van der Waals surface area contributed by atoms with Gasteiger partial charge in [-0.2, -0.15) is 0 Å². The minimum Gasteiger partial charge on any atom is -0.873 e. The molecule has 0 saturated carbocycles. The van der Waals surface area contributed by atoms with E-state index >= 15 is 0 Å². The molecular weight excluding hydrogens is 719 g/mol. The van der Waals surface area contributed by atoms with Crippen LogP contribution in [-0.4, -0.2) is 11.9 Å². The summed E-state index contributed by atoms with van der Waals surface area (Å²) in [5.41, 5.74) is 6.14. The van der Waals surface area contributed by atoms with E-state index in [9.17, 15) is 10.2 Å². The van der Waals surface area contributed by atoms with Crippen LogP contribution in [0.4, 0.5) is 11.4 Å². The van der Waals surface area contributed by atoms with Crippen LogP contribution in [0.5, 0.6) is 11.5 Å². The molecule has 0 aromatic heterocycles. The fraction of sp³-hybridized carbons (Fsp3) is 0.520. The van der Waals surface area contributed by atoms with E-state index in [-0.39, 0.29) is 22.2 Å². The van der Waals surface area contributed by atoms with Crippen LogP contribution in [0, 0.1) is 0 Å². The molecule has 0 aliphatic rings. The molecule has 4 nitrogen and oxygen atoms in total. The molecule has 0 fully saturated rings. The SMILES string of the molecule is CCCCCCCCCC=Cc1cccc(N=CC(CCCCC)=Nc2cccc(C=CCCCCCCCCC)c2)c1.CCCc1cccc([O-])c1[O-].[Ni+2]. The third kappa shape index (κ3) is 24.7. The predicted octanol–water partition coefficient (Wildman–Crippen LogP) is 14.8. The summed E-state index contributed by atoms with van der Waals surface area (Å²) in [5.74, 6) is -0.731. The molecule has 5 heteroatoms. The molecule has 0 bridgehead atoms. The van der Waals surface area contributed by atoms with Crippen molar-refractivity contribution < 1.29 is 26.7 Å². The van der Waals surface area contributed by atoms with Crippen molar-refractivity contribution in [1.29, 1.82) is 0 Å². The second-order valence-corrected chi connectivity index (χ2v) is 14.6. The Labute approximate surface area is 346 Å². The van der Waals surface area contributed by atoms with E-state index in [1.807, 2.05) is 13.1 Å². The summed E-state index contributed by atoms with van der Waals surface area (Å²) in [6, 6.07) is 21.8. The van der Waals surface area contributed by atoms with Gasteiger partial charge >= 0.3 is 16.5 Å². The fourth-order valence-electron chi connectivity index (χ4n) is 6.33. The van der Waals surface area contributed by atoms with Gasteiger partial charge in [0.1, 0.15) is 0 Å². The first-order valence-electron chi connectivity index (χ1n) is 21.6. The topological polar surface area (TPSA) is 70.8 Å². The van der Waals surface area contributed by atoms with Gasteiger partial charge in [0, 0.05) is 6.21 Å². The molecule has 304 valence electrons. The summed E-state index contributed by atoms with van der Waals surface area (Å²) in [6.45, 7) is 8.79. The summed E-state index contributed by atoms with van der Waals surface area (Å²) >= 11 is 0. The molecule has 0 saturated heterocycles. The van der Waals surface area contributed by atoms with Crippen LogP contribution >= 0.6 is 0 Å². The molecule has 3 rings (SSSR count). The van der Waals surface area contributed by atoms with Gasteiger partial charge in [0.05, 0.1) is 17.1 Å². The number of hydrogen-bond acceptors (Lipinski definition) is 4. The second kappa shape index (κ2) is 33.9. The molecule has 0 heterocycles. The minimum atomic E-state index is -0.393. The van der Waals surface area contributed by atoms with Gasteiger partial charge in [-0.3, -0.25) is 9.98 Å². The van der Waals surface area contributed by atoms with Crippen molar-refractivity contribution in [3.05, 3.63) is 95.6 Å². The number of unbranched alkanes of at least 4 members (excludes halogenated alkanes) is 16. The van der Waals surface area contributed by atoms with Gasteiger partial charge in [0.2, 0.25) is 0 Å². The standard InChI is InChI=1S/C41H62N2.C9H12O2.Ni/c1-4-7-10-12-14-16-18-20-23-27-37-29-25-32-39(34-37)42-36-41(31-22-9-6-3)43-40-33-26-30-38(35-40)28-24-21-19-17-15-13-11-8-5-2;1-2-4-7-5-3-6-8(10)9(7)11;/h23-30,32-36H,4-22,31H2,1-3H3;3,5-6,10-11H,2,4H2,1H3;/q;;+2/p-2. The first-order valence-corrected chi connectivity index (χ1v) is 21.6. The number of rotatable bonds is 27. The molecule has 3 aromatic carbocycles. The number of aliphatic imine (C=N–C) groups is 2. The Hall–Kier alpha value is -3.43. The van der Waals surface area contributed by atoms with Crippen molar-refractivity contribution in [2.24, 2.45) is 9.98 Å². The van der Waals surface area contributed by atoms with Crippen molar-refractivity contribution in [1.82, 2.24) is 0 Å². The summed E-state index contributed by atoms with van der Waals surface area (Å²) in [4.78, 5) is 9.90. The molecule has 0 radical (unpaired) electrons. The van der Waals surface area contributed by atoms with E-state index in [1.165, 1.54) is 120 Å². The van der Waals surface area contributed by atoms with Gasteiger partial charge in [-0.25, -0.2) is 0 Å². The minimum absolute atomic E-state index is 0. The molecule has 0 N–H and O–H groups in total. The molecule has 55 heavy (non-hydrogen) atoms. The van der Waals surface area contributed by atoms with Gasteiger partial charge in [-0.05, 0) is 80.3 Å². The monoisotopic (exact) mass is 790 g/mol. The van der Waals surface area contributed by atoms with E-state index < -0.39 is 5.75 Å². The maximum atomic E-state index is 11.0. The van der Waals surface area contributed by atoms with Crippen LogP contribution in [0.15, 0.2) is 88.9 Å². The maximum absolute atomic E-state index is 11.0. The van der Waals surface area contributed by atoms with E-state index in [4.69, 9.17) is 9.98 Å². The predicted molar refractivity (Wildman–Crippen MR) is 235 cm³/mol. The Morgan fingerprint density at radius 2 is 1.04 bits per heavy atom. The van der Waals surface area contributed by atoms with E-state index in [0.717, 1.165) is 49.2 Å². The van der Waals surface area contributed by atoms with Crippen molar-refractivity contribution in [3.8, 4) is 11.5 Å². The smallest absolute Gasteiger partial charge is 0.873 e. The summed E-state index contributed by atoms with van der Waals surface area (Å²) < 4.78 is 0. The van der Waals surface area contributed by atoms with Crippen LogP contribution in [0.3, 0.4) is 0 Å². The summed E-state index contributed by atoms with van der Waals surface area (Å²) in [5, 5.41) is 21.8. The maximum Gasteiger partial charge on any atom is 2.00 e. The zero-order chi connectivity index (χ0) is 38.9. The third-order valence-corrected chi connectivity index (χ3v) is 9.56. The van der Waals surface area contributed by atoms with Crippen LogP contribution in [0.2, 0.25) is 0 Å². The number of allylic oxidation sites excluding steroid dienone is 2. The molecule has 0 unspecified atom stereocenters. The first kappa shape index (κ1) is 49.6. The largest absolute Gasteiger partial charge is 2.00 e. The van der Waals surface area contributed by atoms with Gasteiger partial charge < -0.3 is 10.2 Å². The number of benzene rings is 3. The summed E-state index contributed by atoms with van der Waals surface area (Å²) in [7, 11) is 0. The average molecular weight is 792 g/mol. The van der Waals surface area contributed by atoms with Crippen molar-refractivity contribution in [3.63, 3.8) is 0 Å². The third-order valence-electron chi connectivity index (χ3n) is 9.56. The zero-order valence-electron chi connectivity index (χ0n) is 34.8. The average Bonchev–Trinajstić information content (AvgIpc) is 3.18. The fourth-order valence-corrected chi connectivity index (χ4v) is 6.33. The number of hydrogen-bond donors (Lipinski definition) is 0. The van der Waals surface area contributed by atoms with Crippen molar-refractivity contribution >= 4 is 35.5 Å². The van der Waals surface area contributed by atoms with Crippen LogP contribution in [0.25, 0.3) is 12.2 Å². The van der Waals surface area contributed by atoms with E-state index in [2.05, 4.69) is 93.6 Å². The van der Waals surface area contributed by atoms with Crippen LogP contribution < -0.4 is 10.2 Å². The molecule has 0 spiro atoms. The number of aryl methyl sites for hydroxylation is 1. The Balaban J connectivity index is 0.00000108. The normalized spacial score (nSPS) is 11.7. The zero-order valence-corrected chi connectivity index (χ0v) is 35.8. The quantitative estimate of drug-likeness (QED) is 0.0438. The van der Waals surface area contributed by atoms with Gasteiger partial charge in [0.15, 0.2) is 0 Å². The Kier molecular flexibility index (Phi) is 30.5. The Morgan fingerprint density at radius 3 is 1.60 bits per heavy atom. The molecule has 0 aliphatic heterocycles. The molecule has 3 aromatic rings. The molecule has 0 atom stereocenters. The van der Waals surface area contributed by atoms with Gasteiger partial charge in [-0.15, -0.1) is 11.5 Å². The van der Waals surface area contributed by atoms with Gasteiger partial charge in [0.25, 0.3) is 0 Å². The molecule has 0 aliphatic carbocycles.